The molecular weight excluding hydrogens is 490 g/mol. The maximum atomic E-state index is 13.7. The number of para-hydroxylation sites is 1. The van der Waals surface area contributed by atoms with Crippen LogP contribution in [-0.4, -0.2) is 57.2 Å². The minimum Gasteiger partial charge on any atom is -0.368 e. The van der Waals surface area contributed by atoms with Gasteiger partial charge in [0.05, 0.1) is 10.5 Å². The molecule has 2 fully saturated rings. The SMILES string of the molecule is CCCCN1C(=O)C(=Cc2c(N3CCN(c4ccccc4)CC3)nc3ccc(C)cn3c2=O)SC1=S. The van der Waals surface area contributed by atoms with Crippen molar-refractivity contribution < 1.29 is 4.79 Å². The van der Waals surface area contributed by atoms with Crippen molar-refractivity contribution in [2.45, 2.75) is 26.7 Å². The average Bonchev–Trinajstić information content (AvgIpc) is 3.17. The molecule has 2 aliphatic heterocycles. The minimum atomic E-state index is -0.178. The highest BCUT2D eigenvalue weighted by molar-refractivity contribution is 8.26. The van der Waals surface area contributed by atoms with E-state index in [2.05, 4.69) is 28.9 Å². The third-order valence-electron chi connectivity index (χ3n) is 6.57. The molecular formula is C27H29N5O2S2. The lowest BCUT2D eigenvalue weighted by Gasteiger charge is -2.37. The molecule has 2 aromatic heterocycles. The number of unbranched alkanes of at least 4 members (excludes halogenated alkanes) is 1. The Morgan fingerprint density at radius 3 is 2.47 bits per heavy atom. The number of nitrogens with zero attached hydrogens (tertiary/aromatic N) is 5. The van der Waals surface area contributed by atoms with E-state index in [0.717, 1.165) is 44.6 Å². The highest BCUT2D eigenvalue weighted by Crippen LogP contribution is 2.34. The molecule has 186 valence electrons. The van der Waals surface area contributed by atoms with Crippen LogP contribution in [0.25, 0.3) is 11.7 Å². The summed E-state index contributed by atoms with van der Waals surface area (Å²) < 4.78 is 2.12. The number of aryl methyl sites for hydroxylation is 1. The van der Waals surface area contributed by atoms with E-state index >= 15 is 0 Å². The van der Waals surface area contributed by atoms with Crippen LogP contribution in [0.1, 0.15) is 30.9 Å². The number of carbonyl (C=O) groups excluding carboxylic acids is 1. The molecule has 9 heteroatoms. The van der Waals surface area contributed by atoms with Gasteiger partial charge in [0, 0.05) is 44.6 Å². The molecule has 1 aromatic carbocycles. The van der Waals surface area contributed by atoms with Gasteiger partial charge in [-0.3, -0.25) is 18.9 Å². The summed E-state index contributed by atoms with van der Waals surface area (Å²) in [6.07, 6.45) is 5.36. The first-order chi connectivity index (χ1) is 17.5. The summed E-state index contributed by atoms with van der Waals surface area (Å²) in [5.74, 6) is 0.488. The second kappa shape index (κ2) is 10.4. The second-order valence-electron chi connectivity index (χ2n) is 9.09. The number of hydrogen-bond donors (Lipinski definition) is 0. The van der Waals surface area contributed by atoms with Gasteiger partial charge < -0.3 is 9.80 Å². The van der Waals surface area contributed by atoms with Crippen molar-refractivity contribution in [3.63, 3.8) is 0 Å². The first-order valence-corrected chi connectivity index (χ1v) is 13.5. The Bertz CT molecular complexity index is 1390. The average molecular weight is 520 g/mol. The van der Waals surface area contributed by atoms with Crippen LogP contribution in [0.15, 0.2) is 58.4 Å². The van der Waals surface area contributed by atoms with E-state index in [1.807, 2.05) is 37.3 Å². The number of carbonyl (C=O) groups is 1. The third-order valence-corrected chi connectivity index (χ3v) is 7.95. The quantitative estimate of drug-likeness (QED) is 0.355. The van der Waals surface area contributed by atoms with Crippen LogP contribution >= 0.6 is 24.0 Å². The van der Waals surface area contributed by atoms with Gasteiger partial charge in [-0.1, -0.05) is 61.6 Å². The molecule has 0 aliphatic carbocycles. The van der Waals surface area contributed by atoms with Gasteiger partial charge in [0.2, 0.25) is 0 Å². The Kier molecular flexibility index (Phi) is 7.11. The zero-order valence-corrected chi connectivity index (χ0v) is 22.1. The van der Waals surface area contributed by atoms with Gasteiger partial charge in [-0.25, -0.2) is 4.98 Å². The first-order valence-electron chi connectivity index (χ1n) is 12.3. The van der Waals surface area contributed by atoms with Crippen LogP contribution < -0.4 is 15.4 Å². The number of amides is 1. The van der Waals surface area contributed by atoms with Gasteiger partial charge in [0.15, 0.2) is 0 Å². The van der Waals surface area contributed by atoms with Crippen LogP contribution in [0.2, 0.25) is 0 Å². The van der Waals surface area contributed by atoms with Crippen molar-refractivity contribution in [1.82, 2.24) is 14.3 Å². The number of fused-ring (bicyclic) bond motifs is 1. The summed E-state index contributed by atoms with van der Waals surface area (Å²) in [5.41, 5.74) is 3.01. The number of aromatic nitrogens is 2. The van der Waals surface area contributed by atoms with Crippen LogP contribution in [-0.2, 0) is 4.79 Å². The lowest BCUT2D eigenvalue weighted by molar-refractivity contribution is -0.122. The number of thioether (sulfide) groups is 1. The topological polar surface area (TPSA) is 61.2 Å². The van der Waals surface area contributed by atoms with E-state index in [1.54, 1.807) is 21.6 Å². The number of benzene rings is 1. The maximum absolute atomic E-state index is 13.7. The number of hydrogen-bond acceptors (Lipinski definition) is 7. The van der Waals surface area contributed by atoms with Gasteiger partial charge in [-0.05, 0) is 43.2 Å². The predicted molar refractivity (Wildman–Crippen MR) is 152 cm³/mol. The summed E-state index contributed by atoms with van der Waals surface area (Å²) >= 11 is 6.74. The summed E-state index contributed by atoms with van der Waals surface area (Å²) in [7, 11) is 0. The first kappa shape index (κ1) is 24.5. The van der Waals surface area contributed by atoms with Crippen LogP contribution in [0.5, 0.6) is 0 Å². The second-order valence-corrected chi connectivity index (χ2v) is 10.8. The van der Waals surface area contributed by atoms with Crippen molar-refractivity contribution in [3.05, 3.63) is 75.0 Å². The van der Waals surface area contributed by atoms with E-state index in [0.29, 0.717) is 32.8 Å². The lowest BCUT2D eigenvalue weighted by atomic mass is 10.2. The number of piperazine rings is 1. The van der Waals surface area contributed by atoms with Crippen molar-refractivity contribution >= 4 is 57.4 Å². The number of anilines is 2. The summed E-state index contributed by atoms with van der Waals surface area (Å²) in [4.78, 5) is 38.4. The Morgan fingerprint density at radius 1 is 1.03 bits per heavy atom. The largest absolute Gasteiger partial charge is 0.368 e. The minimum absolute atomic E-state index is 0.132. The Hall–Kier alpha value is -3.17. The Morgan fingerprint density at radius 2 is 1.75 bits per heavy atom. The fourth-order valence-corrected chi connectivity index (χ4v) is 5.86. The highest BCUT2D eigenvalue weighted by Gasteiger charge is 2.32. The van der Waals surface area contributed by atoms with E-state index in [1.165, 1.54) is 17.4 Å². The molecule has 2 saturated heterocycles. The van der Waals surface area contributed by atoms with E-state index in [4.69, 9.17) is 17.2 Å². The summed E-state index contributed by atoms with van der Waals surface area (Å²) in [6.45, 7) is 7.71. The highest BCUT2D eigenvalue weighted by atomic mass is 32.2. The van der Waals surface area contributed by atoms with Crippen molar-refractivity contribution in [1.29, 1.82) is 0 Å². The molecule has 2 aliphatic rings. The van der Waals surface area contributed by atoms with Gasteiger partial charge in [0.1, 0.15) is 15.8 Å². The zero-order chi connectivity index (χ0) is 25.2. The van der Waals surface area contributed by atoms with Crippen molar-refractivity contribution in [2.24, 2.45) is 0 Å². The molecule has 5 rings (SSSR count). The maximum Gasteiger partial charge on any atom is 0.267 e. The molecule has 3 aromatic rings. The molecule has 0 radical (unpaired) electrons. The van der Waals surface area contributed by atoms with E-state index in [9.17, 15) is 9.59 Å². The van der Waals surface area contributed by atoms with Crippen LogP contribution in [0.3, 0.4) is 0 Å². The lowest BCUT2D eigenvalue weighted by Crippen LogP contribution is -2.47. The molecule has 0 saturated carbocycles. The van der Waals surface area contributed by atoms with E-state index in [-0.39, 0.29) is 11.5 Å². The number of pyridine rings is 1. The Labute approximate surface area is 220 Å². The molecule has 1 amide bonds. The predicted octanol–water partition coefficient (Wildman–Crippen LogP) is 4.33. The smallest absolute Gasteiger partial charge is 0.267 e. The van der Waals surface area contributed by atoms with Crippen LogP contribution in [0.4, 0.5) is 11.5 Å². The summed E-state index contributed by atoms with van der Waals surface area (Å²) in [5, 5.41) is 0. The van der Waals surface area contributed by atoms with E-state index < -0.39 is 0 Å². The van der Waals surface area contributed by atoms with Crippen LogP contribution in [0, 0.1) is 6.92 Å². The fraction of sp³-hybridized carbons (Fsp3) is 0.333. The molecule has 0 atom stereocenters. The Balaban J connectivity index is 1.52. The van der Waals surface area contributed by atoms with Gasteiger partial charge in [-0.15, -0.1) is 0 Å². The molecule has 0 unspecified atom stereocenters. The van der Waals surface area contributed by atoms with Gasteiger partial charge in [-0.2, -0.15) is 0 Å². The zero-order valence-electron chi connectivity index (χ0n) is 20.5. The summed E-state index contributed by atoms with van der Waals surface area (Å²) in [6, 6.07) is 14.2. The number of thiocarbonyl (C=S) groups is 1. The molecule has 4 heterocycles. The normalized spacial score (nSPS) is 17.6. The van der Waals surface area contributed by atoms with Crippen molar-refractivity contribution in [3.8, 4) is 0 Å². The molecule has 7 nitrogen and oxygen atoms in total. The standard InChI is InChI=1S/C27H29N5O2S2/c1-3-4-12-31-26(34)22(36-27(31)35)17-21-24(28-23-11-10-19(2)18-32(23)25(21)33)30-15-13-29(14-16-30)20-8-6-5-7-9-20/h5-11,17-18H,3-4,12-16H2,1-2H3. The monoisotopic (exact) mass is 519 g/mol. The molecule has 0 bridgehead atoms. The molecule has 36 heavy (non-hydrogen) atoms. The fourth-order valence-electron chi connectivity index (χ4n) is 4.57. The number of rotatable bonds is 6. The van der Waals surface area contributed by atoms with Gasteiger partial charge >= 0.3 is 0 Å². The molecule has 0 spiro atoms. The van der Waals surface area contributed by atoms with Crippen molar-refractivity contribution in [2.75, 3.05) is 42.5 Å². The third kappa shape index (κ3) is 4.77. The van der Waals surface area contributed by atoms with Gasteiger partial charge in [0.25, 0.3) is 11.5 Å². The molecule has 0 N–H and O–H groups in total.